The second-order valence-corrected chi connectivity index (χ2v) is 6.04. The van der Waals surface area contributed by atoms with Crippen molar-refractivity contribution in [1.29, 1.82) is 0 Å². The van der Waals surface area contributed by atoms with E-state index in [1.165, 1.54) is 12.7 Å². The Labute approximate surface area is 124 Å². The van der Waals surface area contributed by atoms with Crippen molar-refractivity contribution in [3.63, 3.8) is 0 Å². The summed E-state index contributed by atoms with van der Waals surface area (Å²) in [6.45, 7) is -0.425. The SMILES string of the molecule is Nc1ncnc2c1ncn2[C@H]1C[C@@H](O)[C@H](COP(=O)(O)O)O1. The Bertz CT molecular complexity index is 732. The maximum Gasteiger partial charge on any atom is 0.469 e. The normalized spacial score (nSPS) is 25.9. The lowest BCUT2D eigenvalue weighted by molar-refractivity contribution is -0.0424. The molecule has 3 heterocycles. The molecule has 0 bridgehead atoms. The largest absolute Gasteiger partial charge is 0.469 e. The van der Waals surface area contributed by atoms with Gasteiger partial charge in [0.15, 0.2) is 11.5 Å². The predicted molar refractivity (Wildman–Crippen MR) is 72.3 cm³/mol. The van der Waals surface area contributed by atoms with Crippen LogP contribution in [0, 0.1) is 0 Å². The quantitative estimate of drug-likeness (QED) is 0.519. The van der Waals surface area contributed by atoms with E-state index in [4.69, 9.17) is 20.3 Å². The molecule has 1 aliphatic heterocycles. The zero-order chi connectivity index (χ0) is 15.9. The molecular formula is C10H14N5O6P. The van der Waals surface area contributed by atoms with Crippen molar-refractivity contribution in [3.8, 4) is 0 Å². The predicted octanol–water partition coefficient (Wildman–Crippen LogP) is -0.834. The van der Waals surface area contributed by atoms with Crippen LogP contribution < -0.4 is 5.73 Å². The molecule has 1 fully saturated rings. The number of aliphatic hydroxyl groups is 1. The van der Waals surface area contributed by atoms with Crippen LogP contribution in [0.15, 0.2) is 12.7 Å². The van der Waals surface area contributed by atoms with Gasteiger partial charge in [-0.25, -0.2) is 19.5 Å². The van der Waals surface area contributed by atoms with Gasteiger partial charge < -0.3 is 25.4 Å². The van der Waals surface area contributed by atoms with Gasteiger partial charge in [0.1, 0.15) is 24.2 Å². The van der Waals surface area contributed by atoms with E-state index in [0.29, 0.717) is 11.2 Å². The van der Waals surface area contributed by atoms with Crippen LogP contribution in [0.4, 0.5) is 5.82 Å². The number of fused-ring (bicyclic) bond motifs is 1. The lowest BCUT2D eigenvalue weighted by atomic mass is 10.2. The van der Waals surface area contributed by atoms with Crippen LogP contribution in [0.1, 0.15) is 12.6 Å². The number of hydrogen-bond donors (Lipinski definition) is 4. The summed E-state index contributed by atoms with van der Waals surface area (Å²) in [5.41, 5.74) is 6.55. The van der Waals surface area contributed by atoms with Crippen molar-refractivity contribution in [1.82, 2.24) is 19.5 Å². The molecule has 11 nitrogen and oxygen atoms in total. The molecule has 0 aliphatic carbocycles. The molecule has 120 valence electrons. The number of aliphatic hydroxyl groups excluding tert-OH is 1. The molecule has 5 N–H and O–H groups in total. The summed E-state index contributed by atoms with van der Waals surface area (Å²) in [7, 11) is -4.62. The third-order valence-electron chi connectivity index (χ3n) is 3.31. The van der Waals surface area contributed by atoms with Crippen molar-refractivity contribution >= 4 is 24.8 Å². The summed E-state index contributed by atoms with van der Waals surface area (Å²) >= 11 is 0. The third kappa shape index (κ3) is 2.95. The molecule has 1 saturated heterocycles. The first-order chi connectivity index (χ1) is 10.3. The van der Waals surface area contributed by atoms with E-state index < -0.39 is 32.9 Å². The molecule has 12 heteroatoms. The summed E-state index contributed by atoms with van der Waals surface area (Å²) in [6.07, 6.45) is 0.543. The van der Waals surface area contributed by atoms with Gasteiger partial charge in [0.05, 0.1) is 19.0 Å². The standard InChI is InChI=1S/C10H14N5O6P/c11-9-8-10(13-3-12-9)15(4-14-8)7-1-5(16)6(21-7)2-20-22(17,18)19/h3-7,16H,1-2H2,(H2,11,12,13)(H2,17,18,19)/t5-,6+,7-/m1/s1. The van der Waals surface area contributed by atoms with Gasteiger partial charge in [0.2, 0.25) is 0 Å². The lowest BCUT2D eigenvalue weighted by Gasteiger charge is -2.16. The fraction of sp³-hybridized carbons (Fsp3) is 0.500. The number of aromatic nitrogens is 4. The maximum absolute atomic E-state index is 10.7. The van der Waals surface area contributed by atoms with E-state index in [2.05, 4.69) is 19.5 Å². The number of nitrogens with two attached hydrogens (primary N) is 1. The number of hydrogen-bond acceptors (Lipinski definition) is 8. The molecule has 0 unspecified atom stereocenters. The first-order valence-electron chi connectivity index (χ1n) is 6.32. The molecule has 22 heavy (non-hydrogen) atoms. The van der Waals surface area contributed by atoms with Gasteiger partial charge in [-0.2, -0.15) is 0 Å². The highest BCUT2D eigenvalue weighted by Crippen LogP contribution is 2.38. The van der Waals surface area contributed by atoms with Crippen LogP contribution in [0.25, 0.3) is 11.2 Å². The van der Waals surface area contributed by atoms with Gasteiger partial charge >= 0.3 is 7.82 Å². The molecular weight excluding hydrogens is 317 g/mol. The summed E-state index contributed by atoms with van der Waals surface area (Å²) in [5.74, 6) is 0.226. The summed E-state index contributed by atoms with van der Waals surface area (Å²) in [4.78, 5) is 29.4. The van der Waals surface area contributed by atoms with Crippen LogP contribution >= 0.6 is 7.82 Å². The van der Waals surface area contributed by atoms with Crippen LogP contribution in [-0.4, -0.2) is 53.2 Å². The Balaban J connectivity index is 1.78. The first-order valence-corrected chi connectivity index (χ1v) is 7.85. The Morgan fingerprint density at radius 3 is 2.95 bits per heavy atom. The molecule has 0 radical (unpaired) electrons. The molecule has 0 saturated carbocycles. The number of ether oxygens (including phenoxy) is 1. The molecule has 3 atom stereocenters. The molecule has 0 aromatic carbocycles. The van der Waals surface area contributed by atoms with Gasteiger partial charge in [-0.1, -0.05) is 0 Å². The van der Waals surface area contributed by atoms with Crippen LogP contribution in [0.3, 0.4) is 0 Å². The highest BCUT2D eigenvalue weighted by Gasteiger charge is 2.37. The Morgan fingerprint density at radius 1 is 1.45 bits per heavy atom. The minimum atomic E-state index is -4.62. The number of nitrogens with zero attached hydrogens (tertiary/aromatic N) is 4. The fourth-order valence-corrected chi connectivity index (χ4v) is 2.63. The fourth-order valence-electron chi connectivity index (χ4n) is 2.29. The summed E-state index contributed by atoms with van der Waals surface area (Å²) in [6, 6.07) is 0. The van der Waals surface area contributed by atoms with Crippen LogP contribution in [0.2, 0.25) is 0 Å². The topological polar surface area (TPSA) is 166 Å². The number of phosphoric ester groups is 1. The zero-order valence-corrected chi connectivity index (χ0v) is 12.1. The van der Waals surface area contributed by atoms with Crippen molar-refractivity contribution < 1.29 is 28.7 Å². The monoisotopic (exact) mass is 331 g/mol. The summed E-state index contributed by atoms with van der Waals surface area (Å²) in [5, 5.41) is 9.93. The maximum atomic E-state index is 10.7. The Hall–Kier alpha value is -1.62. The zero-order valence-electron chi connectivity index (χ0n) is 11.2. The second kappa shape index (κ2) is 5.54. The van der Waals surface area contributed by atoms with Crippen molar-refractivity contribution in [2.75, 3.05) is 12.3 Å². The number of nitrogen functional groups attached to an aromatic ring is 1. The van der Waals surface area contributed by atoms with Crippen LogP contribution in [0.5, 0.6) is 0 Å². The lowest BCUT2D eigenvalue weighted by Crippen LogP contribution is -2.25. The number of phosphoric acid groups is 1. The number of rotatable bonds is 4. The van der Waals surface area contributed by atoms with E-state index in [-0.39, 0.29) is 12.2 Å². The minimum absolute atomic E-state index is 0.199. The van der Waals surface area contributed by atoms with Crippen LogP contribution in [-0.2, 0) is 13.8 Å². The Kier molecular flexibility index (Phi) is 3.85. The van der Waals surface area contributed by atoms with Gasteiger partial charge in [-0.05, 0) is 0 Å². The van der Waals surface area contributed by atoms with Gasteiger partial charge in [0.25, 0.3) is 0 Å². The van der Waals surface area contributed by atoms with Gasteiger partial charge in [0, 0.05) is 6.42 Å². The molecule has 2 aromatic rings. The number of imidazole rings is 1. The average Bonchev–Trinajstić information content (AvgIpc) is 3.00. The van der Waals surface area contributed by atoms with E-state index in [0.717, 1.165) is 0 Å². The van der Waals surface area contributed by atoms with Crippen molar-refractivity contribution in [2.24, 2.45) is 0 Å². The summed E-state index contributed by atoms with van der Waals surface area (Å²) < 4.78 is 22.2. The highest BCUT2D eigenvalue weighted by atomic mass is 31.2. The molecule has 3 rings (SSSR count). The van der Waals surface area contributed by atoms with Crippen molar-refractivity contribution in [3.05, 3.63) is 12.7 Å². The number of anilines is 1. The second-order valence-electron chi connectivity index (χ2n) is 4.80. The van der Waals surface area contributed by atoms with E-state index in [9.17, 15) is 9.67 Å². The van der Waals surface area contributed by atoms with Gasteiger partial charge in [-0.15, -0.1) is 0 Å². The smallest absolute Gasteiger partial charge is 0.390 e. The van der Waals surface area contributed by atoms with E-state index in [1.807, 2.05) is 0 Å². The van der Waals surface area contributed by atoms with E-state index >= 15 is 0 Å². The van der Waals surface area contributed by atoms with E-state index in [1.54, 1.807) is 4.57 Å². The molecule has 1 aliphatic rings. The molecule has 2 aromatic heterocycles. The van der Waals surface area contributed by atoms with Gasteiger partial charge in [-0.3, -0.25) is 9.09 Å². The third-order valence-corrected chi connectivity index (χ3v) is 3.79. The minimum Gasteiger partial charge on any atom is -0.390 e. The van der Waals surface area contributed by atoms with Crippen molar-refractivity contribution in [2.45, 2.75) is 24.9 Å². The highest BCUT2D eigenvalue weighted by molar-refractivity contribution is 7.46. The molecule has 0 amide bonds. The molecule has 0 spiro atoms. The Morgan fingerprint density at radius 2 is 2.23 bits per heavy atom. The average molecular weight is 331 g/mol. The first kappa shape index (κ1) is 15.3.